The van der Waals surface area contributed by atoms with Crippen LogP contribution in [0.1, 0.15) is 37.1 Å². The minimum atomic E-state index is 0.334. The SMILES string of the molecule is C[C@H](N[C@@H](C)c1ccccc1Br)c1ccsc1. The molecule has 2 rings (SSSR count). The van der Waals surface area contributed by atoms with E-state index in [9.17, 15) is 0 Å². The molecule has 0 saturated heterocycles. The Balaban J connectivity index is 2.07. The lowest BCUT2D eigenvalue weighted by Gasteiger charge is -2.20. The molecule has 0 aliphatic carbocycles. The van der Waals surface area contributed by atoms with Gasteiger partial charge in [-0.05, 0) is 47.9 Å². The number of benzene rings is 1. The Labute approximate surface area is 115 Å². The fourth-order valence-corrected chi connectivity index (χ4v) is 3.29. The van der Waals surface area contributed by atoms with Gasteiger partial charge in [0.2, 0.25) is 0 Å². The second kappa shape index (κ2) is 5.80. The van der Waals surface area contributed by atoms with E-state index in [2.05, 4.69) is 70.1 Å². The van der Waals surface area contributed by atoms with E-state index in [0.717, 1.165) is 4.47 Å². The molecule has 0 fully saturated rings. The molecule has 0 saturated carbocycles. The molecule has 0 aliphatic rings. The van der Waals surface area contributed by atoms with Gasteiger partial charge >= 0.3 is 0 Å². The van der Waals surface area contributed by atoms with E-state index in [-0.39, 0.29) is 0 Å². The number of hydrogen-bond acceptors (Lipinski definition) is 2. The quantitative estimate of drug-likeness (QED) is 0.845. The van der Waals surface area contributed by atoms with Crippen LogP contribution in [0.5, 0.6) is 0 Å². The van der Waals surface area contributed by atoms with Crippen molar-refractivity contribution in [2.45, 2.75) is 25.9 Å². The Morgan fingerprint density at radius 2 is 1.88 bits per heavy atom. The van der Waals surface area contributed by atoms with E-state index in [1.54, 1.807) is 11.3 Å². The van der Waals surface area contributed by atoms with Crippen LogP contribution in [-0.2, 0) is 0 Å². The molecule has 17 heavy (non-hydrogen) atoms. The van der Waals surface area contributed by atoms with E-state index in [1.807, 2.05) is 6.07 Å². The molecule has 2 aromatic rings. The second-order valence-electron chi connectivity index (χ2n) is 4.19. The van der Waals surface area contributed by atoms with Gasteiger partial charge in [0.15, 0.2) is 0 Å². The van der Waals surface area contributed by atoms with Gasteiger partial charge in [0.05, 0.1) is 0 Å². The topological polar surface area (TPSA) is 12.0 Å². The third-order valence-corrected chi connectivity index (χ3v) is 4.34. The van der Waals surface area contributed by atoms with Gasteiger partial charge in [0.25, 0.3) is 0 Å². The molecule has 0 bridgehead atoms. The van der Waals surface area contributed by atoms with E-state index in [1.165, 1.54) is 11.1 Å². The molecule has 1 nitrogen and oxygen atoms in total. The first-order valence-electron chi connectivity index (χ1n) is 5.71. The molecule has 2 atom stereocenters. The predicted molar refractivity (Wildman–Crippen MR) is 78.4 cm³/mol. The third-order valence-electron chi connectivity index (χ3n) is 2.91. The minimum absolute atomic E-state index is 0.334. The van der Waals surface area contributed by atoms with Crippen molar-refractivity contribution in [2.24, 2.45) is 0 Å². The van der Waals surface area contributed by atoms with Crippen LogP contribution in [0.3, 0.4) is 0 Å². The summed E-state index contributed by atoms with van der Waals surface area (Å²) in [5.74, 6) is 0. The maximum absolute atomic E-state index is 3.62. The Morgan fingerprint density at radius 3 is 2.53 bits per heavy atom. The van der Waals surface area contributed by atoms with Crippen molar-refractivity contribution in [3.8, 4) is 0 Å². The van der Waals surface area contributed by atoms with Gasteiger partial charge in [0.1, 0.15) is 0 Å². The molecular formula is C14H16BrNS. The normalized spacial score (nSPS) is 14.5. The zero-order valence-electron chi connectivity index (χ0n) is 9.98. The van der Waals surface area contributed by atoms with Gasteiger partial charge in [-0.2, -0.15) is 11.3 Å². The highest BCUT2D eigenvalue weighted by molar-refractivity contribution is 9.10. The Kier molecular flexibility index (Phi) is 4.37. The molecule has 0 aliphatic heterocycles. The summed E-state index contributed by atoms with van der Waals surface area (Å²) < 4.78 is 1.16. The van der Waals surface area contributed by atoms with E-state index >= 15 is 0 Å². The highest BCUT2D eigenvalue weighted by Gasteiger charge is 2.13. The van der Waals surface area contributed by atoms with Crippen molar-refractivity contribution in [3.63, 3.8) is 0 Å². The van der Waals surface area contributed by atoms with Crippen LogP contribution in [0.4, 0.5) is 0 Å². The van der Waals surface area contributed by atoms with E-state index in [0.29, 0.717) is 12.1 Å². The van der Waals surface area contributed by atoms with Crippen LogP contribution >= 0.6 is 27.3 Å². The fourth-order valence-electron chi connectivity index (χ4n) is 1.91. The average Bonchev–Trinajstić information content (AvgIpc) is 2.82. The molecule has 0 radical (unpaired) electrons. The van der Waals surface area contributed by atoms with Crippen LogP contribution in [0.2, 0.25) is 0 Å². The number of rotatable bonds is 4. The molecule has 1 aromatic carbocycles. The second-order valence-corrected chi connectivity index (χ2v) is 5.82. The standard InChI is InChI=1S/C14H16BrNS/c1-10(12-7-8-17-9-12)16-11(2)13-5-3-4-6-14(13)15/h3-11,16H,1-2H3/t10-,11-/m0/s1. The largest absolute Gasteiger partial charge is 0.304 e. The van der Waals surface area contributed by atoms with E-state index in [4.69, 9.17) is 0 Å². The van der Waals surface area contributed by atoms with Crippen molar-refractivity contribution in [2.75, 3.05) is 0 Å². The monoisotopic (exact) mass is 309 g/mol. The van der Waals surface area contributed by atoms with Crippen LogP contribution in [0.15, 0.2) is 45.6 Å². The van der Waals surface area contributed by atoms with Gasteiger partial charge in [-0.25, -0.2) is 0 Å². The Hall–Kier alpha value is -0.640. The molecule has 0 unspecified atom stereocenters. The summed E-state index contributed by atoms with van der Waals surface area (Å²) in [7, 11) is 0. The summed E-state index contributed by atoms with van der Waals surface area (Å²) >= 11 is 5.34. The summed E-state index contributed by atoms with van der Waals surface area (Å²) in [6, 6.07) is 11.2. The van der Waals surface area contributed by atoms with Gasteiger partial charge in [-0.3, -0.25) is 0 Å². The molecule has 1 heterocycles. The van der Waals surface area contributed by atoms with Crippen molar-refractivity contribution >= 4 is 27.3 Å². The first-order chi connectivity index (χ1) is 8.18. The lowest BCUT2D eigenvalue weighted by Crippen LogP contribution is -2.22. The van der Waals surface area contributed by atoms with Crippen LogP contribution in [0.25, 0.3) is 0 Å². The first kappa shape index (κ1) is 12.8. The van der Waals surface area contributed by atoms with Gasteiger partial charge < -0.3 is 5.32 Å². The van der Waals surface area contributed by atoms with Crippen molar-refractivity contribution < 1.29 is 0 Å². The molecular weight excluding hydrogens is 294 g/mol. The minimum Gasteiger partial charge on any atom is -0.304 e. The van der Waals surface area contributed by atoms with Gasteiger partial charge in [-0.1, -0.05) is 34.1 Å². The van der Waals surface area contributed by atoms with Crippen LogP contribution in [0, 0.1) is 0 Å². The summed E-state index contributed by atoms with van der Waals surface area (Å²) in [4.78, 5) is 0. The molecule has 0 spiro atoms. The summed E-state index contributed by atoms with van der Waals surface area (Å²) in [6.07, 6.45) is 0. The summed E-state index contributed by atoms with van der Waals surface area (Å²) in [5, 5.41) is 7.94. The number of hydrogen-bond donors (Lipinski definition) is 1. The van der Waals surface area contributed by atoms with Gasteiger partial charge in [-0.15, -0.1) is 0 Å². The first-order valence-corrected chi connectivity index (χ1v) is 7.44. The molecule has 0 amide bonds. The maximum Gasteiger partial charge on any atom is 0.0308 e. The molecule has 1 N–H and O–H groups in total. The number of nitrogens with one attached hydrogen (secondary N) is 1. The number of thiophene rings is 1. The van der Waals surface area contributed by atoms with Crippen LogP contribution in [-0.4, -0.2) is 0 Å². The van der Waals surface area contributed by atoms with E-state index < -0.39 is 0 Å². The van der Waals surface area contributed by atoms with Gasteiger partial charge in [0, 0.05) is 16.6 Å². The Morgan fingerprint density at radius 1 is 1.12 bits per heavy atom. The zero-order valence-corrected chi connectivity index (χ0v) is 12.4. The predicted octanol–water partition coefficient (Wildman–Crippen LogP) is 4.92. The summed E-state index contributed by atoms with van der Waals surface area (Å²) in [5.41, 5.74) is 2.66. The average molecular weight is 310 g/mol. The zero-order chi connectivity index (χ0) is 12.3. The lowest BCUT2D eigenvalue weighted by molar-refractivity contribution is 0.494. The maximum atomic E-state index is 3.62. The summed E-state index contributed by atoms with van der Waals surface area (Å²) in [6.45, 7) is 4.40. The van der Waals surface area contributed by atoms with Crippen molar-refractivity contribution in [1.82, 2.24) is 5.32 Å². The highest BCUT2D eigenvalue weighted by atomic mass is 79.9. The van der Waals surface area contributed by atoms with Crippen LogP contribution < -0.4 is 5.32 Å². The lowest BCUT2D eigenvalue weighted by atomic mass is 10.1. The molecule has 3 heteroatoms. The molecule has 90 valence electrons. The smallest absolute Gasteiger partial charge is 0.0308 e. The van der Waals surface area contributed by atoms with Crippen molar-refractivity contribution in [1.29, 1.82) is 0 Å². The fraction of sp³-hybridized carbons (Fsp3) is 0.286. The number of halogens is 1. The Bertz CT molecular complexity index is 467. The molecule has 1 aromatic heterocycles. The third kappa shape index (κ3) is 3.18. The highest BCUT2D eigenvalue weighted by Crippen LogP contribution is 2.26. The van der Waals surface area contributed by atoms with Crippen molar-refractivity contribution in [3.05, 3.63) is 56.7 Å².